The topological polar surface area (TPSA) is 93.5 Å². The molecule has 0 aromatic heterocycles. The number of alkyl carbamates (subject to hydrolysis) is 1. The zero-order valence-electron chi connectivity index (χ0n) is 12.9. The largest absolute Gasteiger partial charge is 0.444 e. The lowest BCUT2D eigenvalue weighted by atomic mass is 10.1. The molecule has 1 aromatic carbocycles. The van der Waals surface area contributed by atoms with Gasteiger partial charge < -0.3 is 21.1 Å². The predicted molar refractivity (Wildman–Crippen MR) is 81.9 cm³/mol. The van der Waals surface area contributed by atoms with Gasteiger partial charge in [0.1, 0.15) is 5.60 Å². The highest BCUT2D eigenvalue weighted by Gasteiger charge is 2.19. The molecule has 0 aliphatic rings. The first-order valence-electron chi connectivity index (χ1n) is 6.78. The molecule has 0 radical (unpaired) electrons. The summed E-state index contributed by atoms with van der Waals surface area (Å²) in [6.45, 7) is 7.09. The van der Waals surface area contributed by atoms with Crippen molar-refractivity contribution in [3.63, 3.8) is 0 Å². The summed E-state index contributed by atoms with van der Waals surface area (Å²) >= 11 is 0. The van der Waals surface area contributed by atoms with E-state index in [0.29, 0.717) is 5.69 Å². The maximum Gasteiger partial charge on any atom is 0.408 e. The molecule has 0 spiro atoms. The van der Waals surface area contributed by atoms with Gasteiger partial charge in [-0.05, 0) is 38.5 Å². The Morgan fingerprint density at radius 1 is 1.24 bits per heavy atom. The molecule has 0 bridgehead atoms. The van der Waals surface area contributed by atoms with Crippen molar-refractivity contribution in [2.24, 2.45) is 5.73 Å². The molecule has 0 aliphatic carbocycles. The van der Waals surface area contributed by atoms with E-state index in [1.54, 1.807) is 45.0 Å². The molecule has 0 heterocycles. The number of nitrogens with two attached hydrogens (primary N) is 1. The van der Waals surface area contributed by atoms with Crippen LogP contribution in [0.25, 0.3) is 0 Å². The lowest BCUT2D eigenvalue weighted by molar-refractivity contribution is -0.114. The molecule has 116 valence electrons. The Morgan fingerprint density at radius 2 is 1.81 bits per heavy atom. The van der Waals surface area contributed by atoms with Crippen LogP contribution in [0.5, 0.6) is 0 Å². The number of ether oxygens (including phenoxy) is 1. The summed E-state index contributed by atoms with van der Waals surface area (Å²) in [4.78, 5) is 22.7. The van der Waals surface area contributed by atoms with Crippen LogP contribution in [0.4, 0.5) is 10.5 Å². The average Bonchev–Trinajstić information content (AvgIpc) is 2.34. The van der Waals surface area contributed by atoms with Gasteiger partial charge in [0.2, 0.25) is 5.91 Å². The van der Waals surface area contributed by atoms with Crippen LogP contribution >= 0.6 is 0 Å². The highest BCUT2D eigenvalue weighted by Crippen LogP contribution is 2.17. The molecule has 6 nitrogen and oxygen atoms in total. The SMILES string of the molecule is CC(=O)Nc1ccc(C(CN)NC(=O)OC(C)(C)C)cc1. The van der Waals surface area contributed by atoms with Crippen molar-refractivity contribution in [3.05, 3.63) is 29.8 Å². The van der Waals surface area contributed by atoms with Gasteiger partial charge in [0.15, 0.2) is 0 Å². The normalized spacial score (nSPS) is 12.4. The number of carbonyl (C=O) groups is 2. The third kappa shape index (κ3) is 6.27. The van der Waals surface area contributed by atoms with Crippen molar-refractivity contribution >= 4 is 17.7 Å². The van der Waals surface area contributed by atoms with E-state index < -0.39 is 11.7 Å². The highest BCUT2D eigenvalue weighted by atomic mass is 16.6. The van der Waals surface area contributed by atoms with E-state index in [1.165, 1.54) is 6.92 Å². The van der Waals surface area contributed by atoms with Crippen molar-refractivity contribution in [2.45, 2.75) is 39.3 Å². The molecule has 1 unspecified atom stereocenters. The van der Waals surface area contributed by atoms with E-state index in [4.69, 9.17) is 10.5 Å². The second-order valence-electron chi connectivity index (χ2n) is 5.74. The molecule has 0 fully saturated rings. The summed E-state index contributed by atoms with van der Waals surface area (Å²) in [5.41, 5.74) is 6.68. The van der Waals surface area contributed by atoms with Gasteiger partial charge in [0.25, 0.3) is 0 Å². The maximum absolute atomic E-state index is 11.8. The van der Waals surface area contributed by atoms with Crippen LogP contribution in [0.2, 0.25) is 0 Å². The molecule has 21 heavy (non-hydrogen) atoms. The van der Waals surface area contributed by atoms with Crippen molar-refractivity contribution in [1.29, 1.82) is 0 Å². The summed E-state index contributed by atoms with van der Waals surface area (Å²) in [6, 6.07) is 6.79. The fourth-order valence-electron chi connectivity index (χ4n) is 1.73. The van der Waals surface area contributed by atoms with Crippen LogP contribution in [-0.2, 0) is 9.53 Å². The molecule has 4 N–H and O–H groups in total. The van der Waals surface area contributed by atoms with Crippen LogP contribution in [0.15, 0.2) is 24.3 Å². The molecule has 6 heteroatoms. The zero-order chi connectivity index (χ0) is 16.0. The summed E-state index contributed by atoms with van der Waals surface area (Å²) in [5, 5.41) is 5.40. The predicted octanol–water partition coefficient (Wildman–Crippen LogP) is 2.17. The Morgan fingerprint density at radius 3 is 2.24 bits per heavy atom. The van der Waals surface area contributed by atoms with Crippen molar-refractivity contribution in [1.82, 2.24) is 5.32 Å². The fourth-order valence-corrected chi connectivity index (χ4v) is 1.73. The van der Waals surface area contributed by atoms with Crippen molar-refractivity contribution in [2.75, 3.05) is 11.9 Å². The lowest BCUT2D eigenvalue weighted by Crippen LogP contribution is -2.37. The van der Waals surface area contributed by atoms with Crippen LogP contribution in [-0.4, -0.2) is 24.1 Å². The van der Waals surface area contributed by atoms with E-state index >= 15 is 0 Å². The van der Waals surface area contributed by atoms with Gasteiger partial charge in [-0.25, -0.2) is 4.79 Å². The molecule has 2 amide bonds. The minimum absolute atomic E-state index is 0.134. The number of benzene rings is 1. The van der Waals surface area contributed by atoms with E-state index in [1.807, 2.05) is 0 Å². The first kappa shape index (κ1) is 17.0. The van der Waals surface area contributed by atoms with Crippen LogP contribution in [0.1, 0.15) is 39.3 Å². The smallest absolute Gasteiger partial charge is 0.408 e. The minimum atomic E-state index is -0.557. The summed E-state index contributed by atoms with van der Waals surface area (Å²) in [5.74, 6) is -0.134. The van der Waals surface area contributed by atoms with Crippen LogP contribution in [0.3, 0.4) is 0 Å². The van der Waals surface area contributed by atoms with Crippen molar-refractivity contribution < 1.29 is 14.3 Å². The molecular formula is C15H23N3O3. The second kappa shape index (κ2) is 7.08. The Kier molecular flexibility index (Phi) is 5.72. The zero-order valence-corrected chi connectivity index (χ0v) is 12.9. The number of rotatable bonds is 4. The Balaban J connectivity index is 2.71. The monoisotopic (exact) mass is 293 g/mol. The molecule has 1 atom stereocenters. The molecule has 1 rings (SSSR count). The summed E-state index contributed by atoms with van der Waals surface area (Å²) < 4.78 is 5.21. The Labute approximate surface area is 125 Å². The van der Waals surface area contributed by atoms with Gasteiger partial charge in [-0.15, -0.1) is 0 Å². The average molecular weight is 293 g/mol. The second-order valence-corrected chi connectivity index (χ2v) is 5.74. The van der Waals surface area contributed by atoms with E-state index in [-0.39, 0.29) is 18.5 Å². The van der Waals surface area contributed by atoms with E-state index in [0.717, 1.165) is 5.56 Å². The van der Waals surface area contributed by atoms with E-state index in [9.17, 15) is 9.59 Å². The van der Waals surface area contributed by atoms with Gasteiger partial charge in [0, 0.05) is 19.2 Å². The maximum atomic E-state index is 11.8. The van der Waals surface area contributed by atoms with Gasteiger partial charge in [0.05, 0.1) is 6.04 Å². The summed E-state index contributed by atoms with van der Waals surface area (Å²) in [6.07, 6.45) is -0.510. The third-order valence-electron chi connectivity index (χ3n) is 2.56. The minimum Gasteiger partial charge on any atom is -0.444 e. The molecule has 0 aliphatic heterocycles. The van der Waals surface area contributed by atoms with Crippen LogP contribution in [0, 0.1) is 0 Å². The Hall–Kier alpha value is -2.08. The Bertz CT molecular complexity index is 492. The van der Waals surface area contributed by atoms with Crippen LogP contribution < -0.4 is 16.4 Å². The summed E-state index contributed by atoms with van der Waals surface area (Å²) in [7, 11) is 0. The van der Waals surface area contributed by atoms with Gasteiger partial charge in [-0.3, -0.25) is 4.79 Å². The number of carbonyl (C=O) groups excluding carboxylic acids is 2. The fraction of sp³-hybridized carbons (Fsp3) is 0.467. The quantitative estimate of drug-likeness (QED) is 0.793. The molecular weight excluding hydrogens is 270 g/mol. The van der Waals surface area contributed by atoms with Gasteiger partial charge >= 0.3 is 6.09 Å². The highest BCUT2D eigenvalue weighted by molar-refractivity contribution is 5.88. The number of nitrogens with one attached hydrogen (secondary N) is 2. The first-order chi connectivity index (χ1) is 9.71. The van der Waals surface area contributed by atoms with Gasteiger partial charge in [-0.2, -0.15) is 0 Å². The van der Waals surface area contributed by atoms with E-state index in [2.05, 4.69) is 10.6 Å². The molecule has 0 saturated carbocycles. The third-order valence-corrected chi connectivity index (χ3v) is 2.56. The van der Waals surface area contributed by atoms with Gasteiger partial charge in [-0.1, -0.05) is 12.1 Å². The lowest BCUT2D eigenvalue weighted by Gasteiger charge is -2.23. The molecule has 1 aromatic rings. The number of hydrogen-bond donors (Lipinski definition) is 3. The molecule has 0 saturated heterocycles. The number of hydrogen-bond acceptors (Lipinski definition) is 4. The van der Waals surface area contributed by atoms with Crippen molar-refractivity contribution in [3.8, 4) is 0 Å². The number of amides is 2. The standard InChI is InChI=1S/C15H23N3O3/c1-10(19)17-12-7-5-11(6-8-12)13(9-16)18-14(20)21-15(2,3)4/h5-8,13H,9,16H2,1-4H3,(H,17,19)(H,18,20). The first-order valence-corrected chi connectivity index (χ1v) is 6.78. The number of anilines is 1.